The Balaban J connectivity index is 1.68. The molecule has 2 saturated heterocycles. The summed E-state index contributed by atoms with van der Waals surface area (Å²) >= 11 is 0. The van der Waals surface area contributed by atoms with Crippen LogP contribution in [0.2, 0.25) is 0 Å². The van der Waals surface area contributed by atoms with E-state index in [9.17, 15) is 10.2 Å². The van der Waals surface area contributed by atoms with Gasteiger partial charge in [0.1, 0.15) is 11.5 Å². The number of benzene rings is 2. The van der Waals surface area contributed by atoms with Gasteiger partial charge in [0.25, 0.3) is 0 Å². The van der Waals surface area contributed by atoms with Gasteiger partial charge in [-0.05, 0) is 22.9 Å². The lowest BCUT2D eigenvalue weighted by Crippen LogP contribution is -2.36. The van der Waals surface area contributed by atoms with Gasteiger partial charge >= 0.3 is 0 Å². The molecular weight excluding hydrogens is 332 g/mol. The van der Waals surface area contributed by atoms with Gasteiger partial charge in [-0.2, -0.15) is 0 Å². The van der Waals surface area contributed by atoms with E-state index in [-0.39, 0.29) is 0 Å². The van der Waals surface area contributed by atoms with Crippen molar-refractivity contribution in [2.45, 2.75) is 13.1 Å². The number of hydrogen-bond donors (Lipinski definition) is 2. The molecule has 0 saturated carbocycles. The number of ether oxygens (including phenoxy) is 2. The van der Waals surface area contributed by atoms with Crippen LogP contribution in [0.4, 0.5) is 0 Å². The second-order valence-corrected chi connectivity index (χ2v) is 7.00. The van der Waals surface area contributed by atoms with E-state index in [1.54, 1.807) is 12.1 Å². The van der Waals surface area contributed by atoms with Crippen molar-refractivity contribution < 1.29 is 19.7 Å². The van der Waals surface area contributed by atoms with Gasteiger partial charge in [0.05, 0.1) is 26.4 Å². The summed E-state index contributed by atoms with van der Waals surface area (Å²) < 4.78 is 10.8. The summed E-state index contributed by atoms with van der Waals surface area (Å²) in [5.41, 5.74) is 1.85. The van der Waals surface area contributed by atoms with Crippen LogP contribution >= 0.6 is 0 Å². The van der Waals surface area contributed by atoms with Crippen molar-refractivity contribution in [2.24, 2.45) is 0 Å². The summed E-state index contributed by atoms with van der Waals surface area (Å²) in [7, 11) is 0. The van der Waals surface area contributed by atoms with E-state index in [2.05, 4.69) is 9.80 Å². The molecule has 0 spiro atoms. The first-order valence-corrected chi connectivity index (χ1v) is 9.28. The van der Waals surface area contributed by atoms with Gasteiger partial charge in [-0.15, -0.1) is 0 Å². The van der Waals surface area contributed by atoms with Crippen molar-refractivity contribution in [1.82, 2.24) is 9.80 Å². The van der Waals surface area contributed by atoms with E-state index in [0.29, 0.717) is 24.6 Å². The van der Waals surface area contributed by atoms with Crippen molar-refractivity contribution in [1.29, 1.82) is 0 Å². The molecule has 0 radical (unpaired) electrons. The maximum absolute atomic E-state index is 10.5. The molecule has 0 aliphatic carbocycles. The van der Waals surface area contributed by atoms with Crippen molar-refractivity contribution in [3.63, 3.8) is 0 Å². The third kappa shape index (κ3) is 3.64. The SMILES string of the molecule is Oc1ccc2c(CN3CCOCC3)c(O)ccc2c1CN1CCOCC1. The maximum Gasteiger partial charge on any atom is 0.120 e. The molecule has 2 aromatic rings. The Labute approximate surface area is 153 Å². The molecule has 2 heterocycles. The van der Waals surface area contributed by atoms with Crippen molar-refractivity contribution in [3.8, 4) is 11.5 Å². The Bertz CT molecular complexity index is 703. The van der Waals surface area contributed by atoms with Crippen LogP contribution in [0.25, 0.3) is 10.8 Å². The molecule has 2 aliphatic heterocycles. The summed E-state index contributed by atoms with van der Waals surface area (Å²) in [5.74, 6) is 0.624. The molecule has 0 atom stereocenters. The molecule has 6 nitrogen and oxygen atoms in total. The van der Waals surface area contributed by atoms with Crippen LogP contribution < -0.4 is 0 Å². The summed E-state index contributed by atoms with van der Waals surface area (Å²) in [4.78, 5) is 4.60. The smallest absolute Gasteiger partial charge is 0.120 e. The van der Waals surface area contributed by atoms with E-state index in [1.165, 1.54) is 0 Å². The Kier molecular flexibility index (Phi) is 5.26. The van der Waals surface area contributed by atoms with E-state index in [0.717, 1.165) is 74.5 Å². The first-order valence-electron chi connectivity index (χ1n) is 9.28. The monoisotopic (exact) mass is 358 g/mol. The summed E-state index contributed by atoms with van der Waals surface area (Å²) in [6.45, 7) is 7.78. The largest absolute Gasteiger partial charge is 0.508 e. The van der Waals surface area contributed by atoms with Crippen LogP contribution in [0, 0.1) is 0 Å². The van der Waals surface area contributed by atoms with E-state index in [4.69, 9.17) is 9.47 Å². The molecule has 140 valence electrons. The average Bonchev–Trinajstić information content (AvgIpc) is 2.68. The molecular formula is C20H26N2O4. The maximum atomic E-state index is 10.5. The average molecular weight is 358 g/mol. The van der Waals surface area contributed by atoms with Crippen LogP contribution in [0.15, 0.2) is 24.3 Å². The zero-order valence-electron chi connectivity index (χ0n) is 15.0. The highest BCUT2D eigenvalue weighted by atomic mass is 16.5. The third-order valence-electron chi connectivity index (χ3n) is 5.35. The number of phenolic OH excluding ortho intramolecular Hbond substituents is 2. The topological polar surface area (TPSA) is 65.4 Å². The fraction of sp³-hybridized carbons (Fsp3) is 0.500. The van der Waals surface area contributed by atoms with Crippen LogP contribution in [0.1, 0.15) is 11.1 Å². The van der Waals surface area contributed by atoms with E-state index >= 15 is 0 Å². The molecule has 2 N–H and O–H groups in total. The third-order valence-corrected chi connectivity index (χ3v) is 5.35. The number of morpholine rings is 2. The number of fused-ring (bicyclic) bond motifs is 1. The molecule has 6 heteroatoms. The number of nitrogens with zero attached hydrogens (tertiary/aromatic N) is 2. The number of rotatable bonds is 4. The molecule has 2 fully saturated rings. The quantitative estimate of drug-likeness (QED) is 0.871. The molecule has 0 bridgehead atoms. The van der Waals surface area contributed by atoms with Gasteiger partial charge in [0.15, 0.2) is 0 Å². The van der Waals surface area contributed by atoms with Crippen molar-refractivity contribution in [3.05, 3.63) is 35.4 Å². The summed E-state index contributed by atoms with van der Waals surface area (Å²) in [6.07, 6.45) is 0. The zero-order chi connectivity index (χ0) is 17.9. The molecule has 0 amide bonds. The minimum absolute atomic E-state index is 0.312. The fourth-order valence-corrected chi connectivity index (χ4v) is 3.81. The number of hydrogen-bond acceptors (Lipinski definition) is 6. The van der Waals surface area contributed by atoms with Crippen molar-refractivity contribution >= 4 is 10.8 Å². The summed E-state index contributed by atoms with van der Waals surface area (Å²) in [5, 5.41) is 23.0. The minimum atomic E-state index is 0.312. The highest BCUT2D eigenvalue weighted by molar-refractivity contribution is 5.92. The molecule has 2 aromatic carbocycles. The van der Waals surface area contributed by atoms with Gasteiger partial charge in [0, 0.05) is 50.4 Å². The van der Waals surface area contributed by atoms with Crippen LogP contribution in [0.3, 0.4) is 0 Å². The van der Waals surface area contributed by atoms with Gasteiger partial charge < -0.3 is 19.7 Å². The first kappa shape index (κ1) is 17.5. The lowest BCUT2D eigenvalue weighted by molar-refractivity contribution is 0.0338. The predicted octanol–water partition coefficient (Wildman–Crippen LogP) is 1.92. The molecule has 26 heavy (non-hydrogen) atoms. The predicted molar refractivity (Wildman–Crippen MR) is 99.5 cm³/mol. The summed E-state index contributed by atoms with van der Waals surface area (Å²) in [6, 6.07) is 7.34. The molecule has 4 rings (SSSR count). The highest BCUT2D eigenvalue weighted by Crippen LogP contribution is 2.35. The highest BCUT2D eigenvalue weighted by Gasteiger charge is 2.19. The van der Waals surface area contributed by atoms with E-state index < -0.39 is 0 Å². The van der Waals surface area contributed by atoms with Gasteiger partial charge in [0.2, 0.25) is 0 Å². The molecule has 2 aliphatic rings. The number of phenols is 2. The Morgan fingerprint density at radius 2 is 1.04 bits per heavy atom. The fourth-order valence-electron chi connectivity index (χ4n) is 3.81. The number of aromatic hydroxyl groups is 2. The normalized spacial score (nSPS) is 19.8. The van der Waals surface area contributed by atoms with Crippen LogP contribution in [-0.2, 0) is 22.6 Å². The lowest BCUT2D eigenvalue weighted by atomic mass is 9.97. The minimum Gasteiger partial charge on any atom is -0.508 e. The Morgan fingerprint density at radius 1 is 0.654 bits per heavy atom. The van der Waals surface area contributed by atoms with Crippen molar-refractivity contribution in [2.75, 3.05) is 52.6 Å². The van der Waals surface area contributed by atoms with Gasteiger partial charge in [-0.25, -0.2) is 0 Å². The molecule has 0 aromatic heterocycles. The first-order chi connectivity index (χ1) is 12.7. The van der Waals surface area contributed by atoms with Crippen LogP contribution in [0.5, 0.6) is 11.5 Å². The molecule has 0 unspecified atom stereocenters. The zero-order valence-corrected chi connectivity index (χ0v) is 15.0. The second kappa shape index (κ2) is 7.80. The van der Waals surface area contributed by atoms with E-state index in [1.807, 2.05) is 12.1 Å². The van der Waals surface area contributed by atoms with Gasteiger partial charge in [-0.3, -0.25) is 9.80 Å². The second-order valence-electron chi connectivity index (χ2n) is 7.00. The standard InChI is InChI=1S/C20H26N2O4/c23-19-3-1-15-16(18(19)14-22-7-11-26-12-8-22)2-4-20(24)17(15)13-21-5-9-25-10-6-21/h1-4,23-24H,5-14H2. The lowest BCUT2D eigenvalue weighted by Gasteiger charge is -2.28. The van der Waals surface area contributed by atoms with Crippen LogP contribution in [-0.4, -0.2) is 72.6 Å². The Morgan fingerprint density at radius 3 is 1.42 bits per heavy atom. The van der Waals surface area contributed by atoms with Gasteiger partial charge in [-0.1, -0.05) is 12.1 Å². The Hall–Kier alpha value is -1.86.